The molecule has 0 spiro atoms. The van der Waals surface area contributed by atoms with Crippen LogP contribution in [0.25, 0.3) is 0 Å². The Labute approximate surface area is 225 Å². The number of amides is 1. The Morgan fingerprint density at radius 1 is 0.921 bits per heavy atom. The maximum absolute atomic E-state index is 13.9. The highest BCUT2D eigenvalue weighted by Crippen LogP contribution is 2.40. The van der Waals surface area contributed by atoms with Gasteiger partial charge in [0.1, 0.15) is 5.00 Å². The first-order valence-electron chi connectivity index (χ1n) is 12.1. The molecule has 9 heteroatoms. The van der Waals surface area contributed by atoms with Crippen LogP contribution >= 0.6 is 11.3 Å². The fraction of sp³-hybridized carbons (Fsp3) is 0.172. The first-order chi connectivity index (χ1) is 18.4. The summed E-state index contributed by atoms with van der Waals surface area (Å²) in [5.41, 5.74) is 2.48. The maximum Gasteiger partial charge on any atom is 0.341 e. The SMILES string of the molecule is COC(=O)c1c(NC(=O)c2ccccc2N(Cc2ccccc2)S(=O)(=O)c2ccccc2)sc2c1CCC2. The van der Waals surface area contributed by atoms with Crippen LogP contribution in [0, 0.1) is 0 Å². The van der Waals surface area contributed by atoms with E-state index in [4.69, 9.17) is 4.74 Å². The molecule has 0 fully saturated rings. The minimum atomic E-state index is -4.02. The van der Waals surface area contributed by atoms with Gasteiger partial charge in [-0.2, -0.15) is 0 Å². The molecule has 0 unspecified atom stereocenters. The molecule has 3 aromatic carbocycles. The summed E-state index contributed by atoms with van der Waals surface area (Å²) >= 11 is 1.37. The number of fused-ring (bicyclic) bond motifs is 1. The molecule has 1 amide bonds. The Hall–Kier alpha value is -3.95. The lowest BCUT2D eigenvalue weighted by molar-refractivity contribution is 0.0601. The van der Waals surface area contributed by atoms with E-state index in [0.717, 1.165) is 35.3 Å². The third-order valence-corrected chi connectivity index (χ3v) is 9.44. The molecule has 194 valence electrons. The number of nitrogens with one attached hydrogen (secondary N) is 1. The van der Waals surface area contributed by atoms with Gasteiger partial charge in [0.15, 0.2) is 0 Å². The third kappa shape index (κ3) is 4.94. The van der Waals surface area contributed by atoms with Crippen LogP contribution in [0.5, 0.6) is 0 Å². The summed E-state index contributed by atoms with van der Waals surface area (Å²) in [6.45, 7) is 0.0308. The van der Waals surface area contributed by atoms with E-state index < -0.39 is 21.9 Å². The number of nitrogens with zero attached hydrogens (tertiary/aromatic N) is 1. The smallest absolute Gasteiger partial charge is 0.341 e. The van der Waals surface area contributed by atoms with Crippen LogP contribution in [0.2, 0.25) is 0 Å². The lowest BCUT2D eigenvalue weighted by atomic mass is 10.1. The third-order valence-electron chi connectivity index (χ3n) is 6.46. The van der Waals surface area contributed by atoms with Crippen molar-refractivity contribution in [3.05, 3.63) is 112 Å². The van der Waals surface area contributed by atoms with Gasteiger partial charge in [0.25, 0.3) is 15.9 Å². The quantitative estimate of drug-likeness (QED) is 0.288. The fourth-order valence-electron chi connectivity index (χ4n) is 4.63. The highest BCUT2D eigenvalue weighted by Gasteiger charge is 2.31. The average Bonchev–Trinajstić information content (AvgIpc) is 3.53. The molecule has 7 nitrogen and oxygen atoms in total. The van der Waals surface area contributed by atoms with Crippen molar-refractivity contribution in [1.29, 1.82) is 0 Å². The summed E-state index contributed by atoms with van der Waals surface area (Å²) in [6.07, 6.45) is 2.55. The number of sulfonamides is 1. The van der Waals surface area contributed by atoms with Gasteiger partial charge in [-0.15, -0.1) is 11.3 Å². The Balaban J connectivity index is 1.56. The summed E-state index contributed by atoms with van der Waals surface area (Å²) in [5, 5.41) is 3.30. The number of rotatable bonds is 8. The molecule has 1 heterocycles. The van der Waals surface area contributed by atoms with Crippen LogP contribution in [0.15, 0.2) is 89.8 Å². The summed E-state index contributed by atoms with van der Waals surface area (Å²) < 4.78 is 34.0. The summed E-state index contributed by atoms with van der Waals surface area (Å²) in [6, 6.07) is 23.9. The van der Waals surface area contributed by atoms with E-state index >= 15 is 0 Å². The molecule has 1 aliphatic rings. The van der Waals surface area contributed by atoms with Crippen molar-refractivity contribution in [2.75, 3.05) is 16.7 Å². The number of para-hydroxylation sites is 1. The number of esters is 1. The average molecular weight is 547 g/mol. The predicted octanol–water partition coefficient (Wildman–Crippen LogP) is 5.67. The standard InChI is InChI=1S/C29H26N2O5S2/c1-36-29(33)26-23-16-10-18-25(23)37-28(26)30-27(32)22-15-8-9-17-24(22)31(19-20-11-4-2-5-12-20)38(34,35)21-13-6-3-7-14-21/h2-9,11-15,17H,10,16,18-19H2,1H3,(H,30,32). The number of anilines is 2. The van der Waals surface area contributed by atoms with E-state index in [9.17, 15) is 18.0 Å². The predicted molar refractivity (Wildman–Crippen MR) is 148 cm³/mol. The first-order valence-corrected chi connectivity index (χ1v) is 14.4. The summed E-state index contributed by atoms with van der Waals surface area (Å²) in [5.74, 6) is -1.00. The number of aryl methyl sites for hydroxylation is 1. The number of hydrogen-bond donors (Lipinski definition) is 1. The highest BCUT2D eigenvalue weighted by molar-refractivity contribution is 7.92. The van der Waals surface area contributed by atoms with Crippen molar-refractivity contribution < 1.29 is 22.7 Å². The van der Waals surface area contributed by atoms with Gasteiger partial charge in [-0.25, -0.2) is 13.2 Å². The second-order valence-corrected chi connectivity index (χ2v) is 11.8. The molecule has 0 aliphatic heterocycles. The van der Waals surface area contributed by atoms with Crippen LogP contribution < -0.4 is 9.62 Å². The second-order valence-electron chi connectivity index (χ2n) is 8.83. The number of carbonyl (C=O) groups excluding carboxylic acids is 2. The van der Waals surface area contributed by atoms with E-state index in [2.05, 4.69) is 5.32 Å². The largest absolute Gasteiger partial charge is 0.465 e. The zero-order valence-electron chi connectivity index (χ0n) is 20.7. The first kappa shape index (κ1) is 25.7. The molecular formula is C29H26N2O5S2. The van der Waals surface area contributed by atoms with E-state index in [1.54, 1.807) is 42.5 Å². The van der Waals surface area contributed by atoms with Gasteiger partial charge in [0.2, 0.25) is 0 Å². The van der Waals surface area contributed by atoms with E-state index in [0.29, 0.717) is 10.6 Å². The van der Waals surface area contributed by atoms with Crippen LogP contribution in [0.3, 0.4) is 0 Å². The summed E-state index contributed by atoms with van der Waals surface area (Å²) in [4.78, 5) is 27.4. The molecule has 0 atom stereocenters. The van der Waals surface area contributed by atoms with Gasteiger partial charge < -0.3 is 10.1 Å². The number of hydrogen-bond acceptors (Lipinski definition) is 6. The molecular weight excluding hydrogens is 520 g/mol. The van der Waals surface area contributed by atoms with Crippen LogP contribution in [0.1, 0.15) is 43.1 Å². The fourth-order valence-corrected chi connectivity index (χ4v) is 7.40. The van der Waals surface area contributed by atoms with Gasteiger partial charge in [-0.1, -0.05) is 60.7 Å². The summed E-state index contributed by atoms with van der Waals surface area (Å²) in [7, 11) is -2.70. The van der Waals surface area contributed by atoms with Gasteiger partial charge in [-0.3, -0.25) is 9.10 Å². The normalized spacial score (nSPS) is 12.6. The van der Waals surface area contributed by atoms with Gasteiger partial charge in [-0.05, 0) is 54.7 Å². The van der Waals surface area contributed by atoms with Gasteiger partial charge >= 0.3 is 5.97 Å². The van der Waals surface area contributed by atoms with Crippen molar-refractivity contribution >= 4 is 43.9 Å². The van der Waals surface area contributed by atoms with Gasteiger partial charge in [0, 0.05) is 4.88 Å². The zero-order chi connectivity index (χ0) is 26.7. The second kappa shape index (κ2) is 10.8. The molecule has 38 heavy (non-hydrogen) atoms. The van der Waals surface area contributed by atoms with Crippen LogP contribution in [-0.4, -0.2) is 27.4 Å². The molecule has 0 bridgehead atoms. The molecule has 1 N–H and O–H groups in total. The zero-order valence-corrected chi connectivity index (χ0v) is 22.3. The Morgan fingerprint density at radius 2 is 1.58 bits per heavy atom. The van der Waals surface area contributed by atoms with Crippen molar-refractivity contribution in [3.8, 4) is 0 Å². The number of methoxy groups -OCH3 is 1. The highest BCUT2D eigenvalue weighted by atomic mass is 32.2. The molecule has 0 saturated carbocycles. The minimum Gasteiger partial charge on any atom is -0.465 e. The monoisotopic (exact) mass is 546 g/mol. The number of benzene rings is 3. The van der Waals surface area contributed by atoms with Crippen molar-refractivity contribution in [3.63, 3.8) is 0 Å². The van der Waals surface area contributed by atoms with E-state index in [1.165, 1.54) is 34.9 Å². The molecule has 1 aliphatic carbocycles. The van der Waals surface area contributed by atoms with Crippen LogP contribution in [-0.2, 0) is 34.1 Å². The van der Waals surface area contributed by atoms with Crippen molar-refractivity contribution in [2.45, 2.75) is 30.7 Å². The molecule has 0 saturated heterocycles. The Bertz CT molecular complexity index is 1580. The molecule has 5 rings (SSSR count). The lowest BCUT2D eigenvalue weighted by Gasteiger charge is -2.26. The number of ether oxygens (including phenoxy) is 1. The Morgan fingerprint density at radius 3 is 2.29 bits per heavy atom. The topological polar surface area (TPSA) is 92.8 Å². The van der Waals surface area contributed by atoms with Gasteiger partial charge in [0.05, 0.1) is 35.4 Å². The van der Waals surface area contributed by atoms with Crippen molar-refractivity contribution in [1.82, 2.24) is 0 Å². The molecule has 1 aromatic heterocycles. The number of carbonyl (C=O) groups is 2. The Kier molecular flexibility index (Phi) is 7.31. The maximum atomic E-state index is 13.9. The van der Waals surface area contributed by atoms with E-state index in [1.807, 2.05) is 30.3 Å². The van der Waals surface area contributed by atoms with Crippen molar-refractivity contribution in [2.24, 2.45) is 0 Å². The molecule has 4 aromatic rings. The molecule has 0 radical (unpaired) electrons. The minimum absolute atomic E-state index is 0.0308. The van der Waals surface area contributed by atoms with E-state index in [-0.39, 0.29) is 22.7 Å². The number of thiophene rings is 1. The lowest BCUT2D eigenvalue weighted by Crippen LogP contribution is -2.32. The van der Waals surface area contributed by atoms with Crippen LogP contribution in [0.4, 0.5) is 10.7 Å².